The summed E-state index contributed by atoms with van der Waals surface area (Å²) < 4.78 is 0. The zero-order chi connectivity index (χ0) is 14.5. The molecule has 4 nitrogen and oxygen atoms in total. The summed E-state index contributed by atoms with van der Waals surface area (Å²) in [7, 11) is 0. The van der Waals surface area contributed by atoms with Crippen LogP contribution in [0.1, 0.15) is 31.2 Å². The van der Waals surface area contributed by atoms with Crippen molar-refractivity contribution in [2.24, 2.45) is 5.73 Å². The molecule has 0 aromatic heterocycles. The van der Waals surface area contributed by atoms with Gasteiger partial charge in [0.2, 0.25) is 5.91 Å². The maximum Gasteiger partial charge on any atom is 0.220 e. The fraction of sp³-hybridized carbons (Fsp3) is 0.429. The second-order valence-electron chi connectivity index (χ2n) is 4.90. The zero-order valence-electron chi connectivity index (χ0n) is 11.1. The summed E-state index contributed by atoms with van der Waals surface area (Å²) in [5.74, 6) is 0.120. The number of rotatable bonds is 7. The SMILES string of the molecule is NC(=S)c1c(Cl)cccc1NCCCC(=O)NC1CC1. The van der Waals surface area contributed by atoms with Crippen LogP contribution >= 0.6 is 23.8 Å². The van der Waals surface area contributed by atoms with Gasteiger partial charge in [0, 0.05) is 24.7 Å². The summed E-state index contributed by atoms with van der Waals surface area (Å²) in [4.78, 5) is 11.8. The highest BCUT2D eigenvalue weighted by Crippen LogP contribution is 2.24. The first-order valence-corrected chi connectivity index (χ1v) is 7.48. The minimum Gasteiger partial charge on any atom is -0.389 e. The third kappa shape index (κ3) is 4.35. The van der Waals surface area contributed by atoms with Gasteiger partial charge >= 0.3 is 0 Å². The van der Waals surface area contributed by atoms with Gasteiger partial charge in [-0.25, -0.2) is 0 Å². The van der Waals surface area contributed by atoms with Gasteiger partial charge < -0.3 is 16.4 Å². The average Bonchev–Trinajstić information content (AvgIpc) is 3.18. The van der Waals surface area contributed by atoms with Crippen LogP contribution in [0.3, 0.4) is 0 Å². The predicted molar refractivity (Wildman–Crippen MR) is 86.2 cm³/mol. The Morgan fingerprint density at radius 3 is 2.85 bits per heavy atom. The molecule has 1 fully saturated rings. The van der Waals surface area contributed by atoms with Crippen molar-refractivity contribution in [2.75, 3.05) is 11.9 Å². The highest BCUT2D eigenvalue weighted by molar-refractivity contribution is 7.80. The molecule has 0 aliphatic heterocycles. The first-order chi connectivity index (χ1) is 9.58. The van der Waals surface area contributed by atoms with Crippen molar-refractivity contribution in [2.45, 2.75) is 31.7 Å². The van der Waals surface area contributed by atoms with Crippen LogP contribution in [0, 0.1) is 0 Å². The molecule has 108 valence electrons. The molecule has 0 radical (unpaired) electrons. The van der Waals surface area contributed by atoms with Gasteiger partial charge in [0.05, 0.1) is 10.6 Å². The van der Waals surface area contributed by atoms with Crippen molar-refractivity contribution in [3.8, 4) is 0 Å². The summed E-state index contributed by atoms with van der Waals surface area (Å²) in [5.41, 5.74) is 7.14. The molecule has 1 aromatic rings. The summed E-state index contributed by atoms with van der Waals surface area (Å²) in [5, 5.41) is 6.73. The van der Waals surface area contributed by atoms with Crippen molar-refractivity contribution in [3.05, 3.63) is 28.8 Å². The number of thiocarbonyl (C=S) groups is 1. The molecule has 0 heterocycles. The molecule has 0 saturated heterocycles. The van der Waals surface area contributed by atoms with E-state index in [0.29, 0.717) is 29.6 Å². The van der Waals surface area contributed by atoms with Crippen LogP contribution in [0.5, 0.6) is 0 Å². The molecule has 1 amide bonds. The van der Waals surface area contributed by atoms with Gasteiger partial charge in [-0.15, -0.1) is 0 Å². The molecule has 6 heteroatoms. The Balaban J connectivity index is 1.80. The largest absolute Gasteiger partial charge is 0.389 e. The molecule has 0 unspecified atom stereocenters. The first-order valence-electron chi connectivity index (χ1n) is 6.69. The normalized spacial score (nSPS) is 13.8. The number of benzene rings is 1. The number of nitrogens with two attached hydrogens (primary N) is 1. The number of anilines is 1. The lowest BCUT2D eigenvalue weighted by Crippen LogP contribution is -2.25. The lowest BCUT2D eigenvalue weighted by molar-refractivity contribution is -0.121. The summed E-state index contributed by atoms with van der Waals surface area (Å²) in [6.07, 6.45) is 3.50. The van der Waals surface area contributed by atoms with E-state index in [1.54, 1.807) is 6.07 Å². The lowest BCUT2D eigenvalue weighted by Gasteiger charge is -2.12. The fourth-order valence-corrected chi connectivity index (χ4v) is 2.47. The van der Waals surface area contributed by atoms with E-state index in [1.807, 2.05) is 12.1 Å². The maximum atomic E-state index is 11.5. The van der Waals surface area contributed by atoms with Crippen LogP contribution in [-0.2, 0) is 4.79 Å². The van der Waals surface area contributed by atoms with Crippen molar-refractivity contribution >= 4 is 40.4 Å². The molecule has 2 rings (SSSR count). The molecule has 0 bridgehead atoms. The van der Waals surface area contributed by atoms with Crippen molar-refractivity contribution in [1.29, 1.82) is 0 Å². The zero-order valence-corrected chi connectivity index (χ0v) is 12.7. The molecule has 1 saturated carbocycles. The third-order valence-corrected chi connectivity index (χ3v) is 3.62. The molecule has 1 aliphatic carbocycles. The monoisotopic (exact) mass is 311 g/mol. The van der Waals surface area contributed by atoms with Crippen LogP contribution in [0.15, 0.2) is 18.2 Å². The standard InChI is InChI=1S/C14H18ClN3OS/c15-10-3-1-4-11(13(10)14(16)20)17-8-2-5-12(19)18-9-6-7-9/h1,3-4,9,17H,2,5-8H2,(H2,16,20)(H,18,19). The summed E-state index contributed by atoms with van der Waals surface area (Å²) >= 11 is 11.1. The molecule has 0 atom stereocenters. The summed E-state index contributed by atoms with van der Waals surface area (Å²) in [6.45, 7) is 0.675. The highest BCUT2D eigenvalue weighted by Gasteiger charge is 2.22. The van der Waals surface area contributed by atoms with Crippen LogP contribution in [0.4, 0.5) is 5.69 Å². The Kier molecular flexibility index (Phi) is 5.20. The van der Waals surface area contributed by atoms with Crippen LogP contribution in [0.2, 0.25) is 5.02 Å². The third-order valence-electron chi connectivity index (χ3n) is 3.10. The van der Waals surface area contributed by atoms with Gasteiger partial charge in [0.15, 0.2) is 0 Å². The lowest BCUT2D eigenvalue weighted by atomic mass is 10.1. The van der Waals surface area contributed by atoms with E-state index in [2.05, 4.69) is 10.6 Å². The van der Waals surface area contributed by atoms with Crippen LogP contribution in [-0.4, -0.2) is 23.5 Å². The van der Waals surface area contributed by atoms with E-state index in [4.69, 9.17) is 29.6 Å². The average molecular weight is 312 g/mol. The Morgan fingerprint density at radius 2 is 2.20 bits per heavy atom. The molecule has 1 aromatic carbocycles. The van der Waals surface area contributed by atoms with Gasteiger partial charge in [-0.2, -0.15) is 0 Å². The maximum absolute atomic E-state index is 11.5. The Labute approximate surface area is 129 Å². The van der Waals surface area contributed by atoms with Gasteiger partial charge in [0.25, 0.3) is 0 Å². The molecule has 4 N–H and O–H groups in total. The van der Waals surface area contributed by atoms with E-state index in [0.717, 1.165) is 24.9 Å². The van der Waals surface area contributed by atoms with Crippen molar-refractivity contribution < 1.29 is 4.79 Å². The minimum atomic E-state index is 0.120. The number of halogens is 1. The first kappa shape index (κ1) is 15.1. The van der Waals surface area contributed by atoms with Gasteiger partial charge in [-0.3, -0.25) is 4.79 Å². The van der Waals surface area contributed by atoms with E-state index in [1.165, 1.54) is 0 Å². The topological polar surface area (TPSA) is 67.1 Å². The molecular formula is C14H18ClN3OS. The molecule has 0 spiro atoms. The van der Waals surface area contributed by atoms with E-state index in [-0.39, 0.29) is 10.9 Å². The van der Waals surface area contributed by atoms with Gasteiger partial charge in [0.1, 0.15) is 4.99 Å². The predicted octanol–water partition coefficient (Wildman–Crippen LogP) is 2.44. The molecule has 20 heavy (non-hydrogen) atoms. The van der Waals surface area contributed by atoms with Gasteiger partial charge in [-0.05, 0) is 31.4 Å². The number of hydrogen-bond donors (Lipinski definition) is 3. The van der Waals surface area contributed by atoms with Gasteiger partial charge in [-0.1, -0.05) is 29.9 Å². The van der Waals surface area contributed by atoms with Crippen molar-refractivity contribution in [1.82, 2.24) is 5.32 Å². The highest BCUT2D eigenvalue weighted by atomic mass is 35.5. The van der Waals surface area contributed by atoms with Crippen LogP contribution < -0.4 is 16.4 Å². The quantitative estimate of drug-likeness (QED) is 0.534. The Hall–Kier alpha value is -1.33. The van der Waals surface area contributed by atoms with Crippen molar-refractivity contribution in [3.63, 3.8) is 0 Å². The smallest absolute Gasteiger partial charge is 0.220 e. The van der Waals surface area contributed by atoms with E-state index < -0.39 is 0 Å². The number of carbonyl (C=O) groups is 1. The minimum absolute atomic E-state index is 0.120. The Morgan fingerprint density at radius 1 is 1.45 bits per heavy atom. The van der Waals surface area contributed by atoms with Crippen LogP contribution in [0.25, 0.3) is 0 Å². The van der Waals surface area contributed by atoms with E-state index in [9.17, 15) is 4.79 Å². The second kappa shape index (κ2) is 6.90. The number of nitrogens with one attached hydrogen (secondary N) is 2. The molecular weight excluding hydrogens is 294 g/mol. The summed E-state index contributed by atoms with van der Waals surface area (Å²) in [6, 6.07) is 5.89. The fourth-order valence-electron chi connectivity index (χ4n) is 1.92. The molecule has 1 aliphatic rings. The van der Waals surface area contributed by atoms with E-state index >= 15 is 0 Å². The Bertz CT molecular complexity index is 517. The number of hydrogen-bond acceptors (Lipinski definition) is 3. The second-order valence-corrected chi connectivity index (χ2v) is 5.75. The number of carbonyl (C=O) groups excluding carboxylic acids is 1. The number of amides is 1.